The predicted molar refractivity (Wildman–Crippen MR) is 154 cm³/mol. The smallest absolute Gasteiger partial charge is 0.252 e. The molecule has 1 amide bonds. The number of carbonyl (C=O) groups is 1. The summed E-state index contributed by atoms with van der Waals surface area (Å²) in [4.78, 5) is 13.5. The first-order valence-corrected chi connectivity index (χ1v) is 14.0. The van der Waals surface area contributed by atoms with Crippen LogP contribution < -0.4 is 5.32 Å². The van der Waals surface area contributed by atoms with Crippen molar-refractivity contribution >= 4 is 49.5 Å². The molecule has 0 aliphatic carbocycles. The Morgan fingerprint density at radius 2 is 1.41 bits per heavy atom. The molecule has 1 atom stereocenters. The molecule has 0 bridgehead atoms. The number of amides is 1. The molecule has 2 aliphatic rings. The predicted octanol–water partition coefficient (Wildman–Crippen LogP) is 5.62. The maximum Gasteiger partial charge on any atom is 0.252 e. The van der Waals surface area contributed by atoms with Crippen LogP contribution in [0.25, 0.3) is 43.6 Å². The molecule has 3 aromatic carbocycles. The second-order valence-electron chi connectivity index (χ2n) is 11.7. The van der Waals surface area contributed by atoms with Crippen LogP contribution in [-0.4, -0.2) is 39.0 Å². The summed E-state index contributed by atoms with van der Waals surface area (Å²) in [5.41, 5.74) is 8.54. The highest BCUT2D eigenvalue weighted by Crippen LogP contribution is 2.46. The van der Waals surface area contributed by atoms with Gasteiger partial charge in [-0.2, -0.15) is 0 Å². The Hall–Kier alpha value is -3.39. The maximum atomic E-state index is 13.5. The van der Waals surface area contributed by atoms with E-state index in [9.17, 15) is 9.90 Å². The minimum absolute atomic E-state index is 0.0158. The lowest BCUT2D eigenvalue weighted by Gasteiger charge is -2.16. The maximum absolute atomic E-state index is 13.5. The van der Waals surface area contributed by atoms with Crippen molar-refractivity contribution < 1.29 is 19.4 Å². The van der Waals surface area contributed by atoms with E-state index in [1.807, 2.05) is 27.7 Å². The van der Waals surface area contributed by atoms with E-state index < -0.39 is 0 Å². The Bertz CT molecular complexity index is 1790. The Labute approximate surface area is 227 Å². The van der Waals surface area contributed by atoms with E-state index in [1.165, 1.54) is 0 Å². The van der Waals surface area contributed by atoms with Crippen LogP contribution in [-0.2, 0) is 42.3 Å². The van der Waals surface area contributed by atoms with Gasteiger partial charge in [0.05, 0.1) is 42.0 Å². The summed E-state index contributed by atoms with van der Waals surface area (Å²) < 4.78 is 16.6. The molecular formula is C32H35N3O4. The molecule has 2 aromatic heterocycles. The van der Waals surface area contributed by atoms with Crippen molar-refractivity contribution in [1.82, 2.24) is 14.5 Å². The summed E-state index contributed by atoms with van der Waals surface area (Å²) >= 11 is 0. The molecule has 0 radical (unpaired) electrons. The fourth-order valence-electron chi connectivity index (χ4n) is 6.59. The highest BCUT2D eigenvalue weighted by atomic mass is 16.5. The van der Waals surface area contributed by atoms with Gasteiger partial charge in [0.1, 0.15) is 0 Å². The third-order valence-electron chi connectivity index (χ3n) is 8.29. The van der Waals surface area contributed by atoms with E-state index in [4.69, 9.17) is 9.47 Å². The van der Waals surface area contributed by atoms with Crippen LogP contribution in [0, 0.1) is 5.92 Å². The van der Waals surface area contributed by atoms with Gasteiger partial charge < -0.3 is 29.0 Å². The van der Waals surface area contributed by atoms with E-state index in [2.05, 4.69) is 50.8 Å². The van der Waals surface area contributed by atoms with Gasteiger partial charge in [-0.15, -0.1) is 0 Å². The molecule has 2 N–H and O–H groups in total. The van der Waals surface area contributed by atoms with Gasteiger partial charge in [-0.3, -0.25) is 4.79 Å². The molecule has 0 fully saturated rings. The molecule has 7 rings (SSSR count). The highest BCUT2D eigenvalue weighted by Gasteiger charge is 2.34. The monoisotopic (exact) mass is 525 g/mol. The van der Waals surface area contributed by atoms with Crippen LogP contribution in [0.15, 0.2) is 36.4 Å². The number of fused-ring (bicyclic) bond motifs is 9. The van der Waals surface area contributed by atoms with Crippen molar-refractivity contribution in [3.8, 4) is 0 Å². The number of ether oxygens (including phenoxy) is 2. The standard InChI is InChI=1S/C32H35N3O4/c1-17(2)38-15-19-5-7-25-22(9-19)27-24-11-33-32(37)29(24)28-23-10-20(16-39-18(3)4)6-8-26(23)35-13-21(14-36)12-34(25)30(27)31(28)35/h5-10,17-18,21,36H,11-16H2,1-4H3,(H,33,37). The van der Waals surface area contributed by atoms with Gasteiger partial charge in [0, 0.05) is 64.7 Å². The Balaban J connectivity index is 1.61. The van der Waals surface area contributed by atoms with E-state index in [1.54, 1.807) is 0 Å². The van der Waals surface area contributed by atoms with Crippen LogP contribution in [0.5, 0.6) is 0 Å². The fraction of sp³-hybridized carbons (Fsp3) is 0.406. The van der Waals surface area contributed by atoms with Gasteiger partial charge in [-0.1, -0.05) is 12.1 Å². The second-order valence-corrected chi connectivity index (χ2v) is 11.7. The number of rotatable bonds is 7. The summed E-state index contributed by atoms with van der Waals surface area (Å²) in [6.07, 6.45) is 0.286. The lowest BCUT2D eigenvalue weighted by Crippen LogP contribution is -2.18. The third kappa shape index (κ3) is 3.71. The fourth-order valence-corrected chi connectivity index (χ4v) is 6.59. The van der Waals surface area contributed by atoms with Gasteiger partial charge in [0.15, 0.2) is 0 Å². The summed E-state index contributed by atoms with van der Waals surface area (Å²) in [6, 6.07) is 13.0. The first kappa shape index (κ1) is 24.6. The Morgan fingerprint density at radius 3 is 1.95 bits per heavy atom. The number of carbonyl (C=O) groups excluding carboxylic acids is 1. The number of aromatic nitrogens is 2. The summed E-state index contributed by atoms with van der Waals surface area (Å²) in [5, 5.41) is 18.0. The first-order valence-electron chi connectivity index (χ1n) is 14.0. The molecule has 0 spiro atoms. The van der Waals surface area contributed by atoms with E-state index >= 15 is 0 Å². The quantitative estimate of drug-likeness (QED) is 0.289. The van der Waals surface area contributed by atoms with E-state index in [-0.39, 0.29) is 30.6 Å². The molecular weight excluding hydrogens is 490 g/mol. The molecule has 202 valence electrons. The lowest BCUT2D eigenvalue weighted by molar-refractivity contribution is 0.0656. The number of benzene rings is 3. The van der Waals surface area contributed by atoms with E-state index in [0.29, 0.717) is 26.3 Å². The number of hydrogen-bond donors (Lipinski definition) is 2. The van der Waals surface area contributed by atoms with Gasteiger partial charge >= 0.3 is 0 Å². The van der Waals surface area contributed by atoms with Crippen LogP contribution in [0.4, 0.5) is 0 Å². The van der Waals surface area contributed by atoms with E-state index in [0.717, 1.165) is 72.4 Å². The van der Waals surface area contributed by atoms with Crippen molar-refractivity contribution in [2.45, 2.75) is 72.8 Å². The van der Waals surface area contributed by atoms with Gasteiger partial charge in [-0.05, 0) is 68.7 Å². The summed E-state index contributed by atoms with van der Waals surface area (Å²) in [6.45, 7) is 11.3. The van der Waals surface area contributed by atoms with Crippen molar-refractivity contribution in [3.05, 3.63) is 58.7 Å². The van der Waals surface area contributed by atoms with Gasteiger partial charge in [-0.25, -0.2) is 0 Å². The van der Waals surface area contributed by atoms with Crippen molar-refractivity contribution in [3.63, 3.8) is 0 Å². The molecule has 2 aliphatic heterocycles. The number of nitrogens with zero attached hydrogens (tertiary/aromatic N) is 2. The average molecular weight is 526 g/mol. The highest BCUT2D eigenvalue weighted by molar-refractivity contribution is 6.30. The lowest BCUT2D eigenvalue weighted by atomic mass is 9.96. The first-order chi connectivity index (χ1) is 18.9. The zero-order valence-corrected chi connectivity index (χ0v) is 23.0. The van der Waals surface area contributed by atoms with Gasteiger partial charge in [0.25, 0.3) is 5.91 Å². The SMILES string of the molecule is CC(C)OCc1ccc2c(c1)c1c3c(c4c5cc(COC(C)C)ccc5n5c4c1n2CC(CO)C5)C(=O)NC3. The molecule has 7 heteroatoms. The molecule has 1 unspecified atom stereocenters. The number of aliphatic hydroxyl groups is 1. The topological polar surface area (TPSA) is 77.7 Å². The third-order valence-corrected chi connectivity index (χ3v) is 8.29. The molecule has 39 heavy (non-hydrogen) atoms. The minimum Gasteiger partial charge on any atom is -0.396 e. The number of hydrogen-bond acceptors (Lipinski definition) is 4. The molecule has 0 saturated carbocycles. The summed E-state index contributed by atoms with van der Waals surface area (Å²) in [7, 11) is 0. The zero-order valence-electron chi connectivity index (χ0n) is 23.0. The minimum atomic E-state index is -0.0158. The largest absolute Gasteiger partial charge is 0.396 e. The molecule has 7 nitrogen and oxygen atoms in total. The van der Waals surface area contributed by atoms with Crippen LogP contribution in [0.2, 0.25) is 0 Å². The van der Waals surface area contributed by atoms with Gasteiger partial charge in [0.2, 0.25) is 0 Å². The molecule has 4 heterocycles. The Morgan fingerprint density at radius 1 is 0.872 bits per heavy atom. The Kier molecular flexibility index (Phi) is 5.74. The number of nitrogens with one attached hydrogen (secondary N) is 1. The van der Waals surface area contributed by atoms with Crippen LogP contribution in [0.3, 0.4) is 0 Å². The molecule has 5 aromatic rings. The number of aliphatic hydroxyl groups excluding tert-OH is 1. The van der Waals surface area contributed by atoms with Crippen LogP contribution in [0.1, 0.15) is 54.7 Å². The second kappa shape index (κ2) is 9.08. The summed E-state index contributed by atoms with van der Waals surface area (Å²) in [5.74, 6) is 0.0319. The van der Waals surface area contributed by atoms with Crippen LogP contribution >= 0.6 is 0 Å². The average Bonchev–Trinajstić information content (AvgIpc) is 3.51. The van der Waals surface area contributed by atoms with Crippen molar-refractivity contribution in [2.75, 3.05) is 6.61 Å². The molecule has 0 saturated heterocycles. The van der Waals surface area contributed by atoms with Crippen molar-refractivity contribution in [2.24, 2.45) is 5.92 Å². The zero-order chi connectivity index (χ0) is 27.0. The van der Waals surface area contributed by atoms with Crippen molar-refractivity contribution in [1.29, 1.82) is 0 Å². The normalized spacial score (nSPS) is 17.0.